The van der Waals surface area contributed by atoms with Gasteiger partial charge in [0.2, 0.25) is 0 Å². The minimum absolute atomic E-state index is 0.00294. The molecule has 1 aromatic heterocycles. The number of nitrogens with zero attached hydrogens (tertiary/aromatic N) is 2. The molecule has 1 aliphatic rings. The van der Waals surface area contributed by atoms with Crippen molar-refractivity contribution in [3.8, 4) is 0 Å². The number of piperidine rings is 1. The van der Waals surface area contributed by atoms with E-state index in [1.807, 2.05) is 32.6 Å². The van der Waals surface area contributed by atoms with E-state index < -0.39 is 29.8 Å². The van der Waals surface area contributed by atoms with Gasteiger partial charge in [-0.25, -0.2) is 4.79 Å². The lowest BCUT2D eigenvalue weighted by atomic mass is 9.94. The van der Waals surface area contributed by atoms with Crippen LogP contribution in [0.15, 0.2) is 4.47 Å². The fraction of sp³-hybridized carbons (Fsp3) is 0.727. The molecule has 0 radical (unpaired) electrons. The number of halogens is 4. The molecule has 0 saturated carbocycles. The van der Waals surface area contributed by atoms with Crippen LogP contribution >= 0.6 is 15.9 Å². The zero-order valence-corrected chi connectivity index (χ0v) is 20.8. The molecule has 2 rings (SSSR count). The third kappa shape index (κ3) is 6.57. The average Bonchev–Trinajstić information content (AvgIpc) is 2.61. The zero-order valence-electron chi connectivity index (χ0n) is 19.2. The minimum Gasteiger partial charge on any atom is -0.461 e. The van der Waals surface area contributed by atoms with Gasteiger partial charge in [-0.15, -0.1) is 0 Å². The fourth-order valence-electron chi connectivity index (χ4n) is 3.75. The summed E-state index contributed by atoms with van der Waals surface area (Å²) in [7, 11) is 0. The smallest absolute Gasteiger partial charge is 0.391 e. The number of rotatable bonds is 5. The molecule has 1 aliphatic heterocycles. The number of ether oxygens (including phenoxy) is 2. The second-order valence-corrected chi connectivity index (χ2v) is 10.1. The first-order chi connectivity index (χ1) is 14.1. The standard InChI is InChI=1S/C22H32BrF3N2O3/c1-12(2)30-20(29)19(31-21(5,6)7)16-13(3)27-14(4)17(23)18(16)28-10-8-15(9-11-28)22(24,25)26/h12,15,19H,8-11H2,1-7H3. The van der Waals surface area contributed by atoms with E-state index in [4.69, 9.17) is 9.47 Å². The second kappa shape index (κ2) is 9.65. The number of esters is 1. The van der Waals surface area contributed by atoms with Crippen molar-refractivity contribution < 1.29 is 27.4 Å². The van der Waals surface area contributed by atoms with Crippen LogP contribution in [0.4, 0.5) is 18.9 Å². The molecule has 0 spiro atoms. The summed E-state index contributed by atoms with van der Waals surface area (Å²) in [5.41, 5.74) is 1.80. The minimum atomic E-state index is -4.20. The van der Waals surface area contributed by atoms with Crippen LogP contribution in [0.5, 0.6) is 0 Å². The Balaban J connectivity index is 2.55. The van der Waals surface area contributed by atoms with Crippen LogP contribution in [0, 0.1) is 19.8 Å². The molecule has 0 bridgehead atoms. The van der Waals surface area contributed by atoms with Crippen LogP contribution < -0.4 is 4.90 Å². The lowest BCUT2D eigenvalue weighted by molar-refractivity contribution is -0.179. The van der Waals surface area contributed by atoms with Gasteiger partial charge in [0.15, 0.2) is 6.10 Å². The Kier molecular flexibility index (Phi) is 8.06. The molecule has 1 unspecified atom stereocenters. The highest BCUT2D eigenvalue weighted by Crippen LogP contribution is 2.43. The summed E-state index contributed by atoms with van der Waals surface area (Å²) in [5.74, 6) is -1.86. The maximum absolute atomic E-state index is 13.2. The first-order valence-electron chi connectivity index (χ1n) is 10.5. The van der Waals surface area contributed by atoms with Crippen molar-refractivity contribution in [1.82, 2.24) is 4.98 Å². The molecule has 0 N–H and O–H groups in total. The predicted octanol–water partition coefficient (Wildman–Crippen LogP) is 6.05. The van der Waals surface area contributed by atoms with Crippen LogP contribution in [0.2, 0.25) is 0 Å². The number of hydrogen-bond acceptors (Lipinski definition) is 5. The highest BCUT2D eigenvalue weighted by molar-refractivity contribution is 9.10. The fourth-order valence-corrected chi connectivity index (χ4v) is 4.30. The summed E-state index contributed by atoms with van der Waals surface area (Å²) in [5, 5.41) is 0. The number of hydrogen-bond donors (Lipinski definition) is 0. The van der Waals surface area contributed by atoms with Gasteiger partial charge in [0, 0.05) is 24.3 Å². The van der Waals surface area contributed by atoms with Gasteiger partial charge in [-0.05, 0) is 77.2 Å². The number of aryl methyl sites for hydroxylation is 2. The Labute approximate surface area is 190 Å². The van der Waals surface area contributed by atoms with Crippen molar-refractivity contribution in [1.29, 1.82) is 0 Å². The predicted molar refractivity (Wildman–Crippen MR) is 117 cm³/mol. The molecular weight excluding hydrogens is 477 g/mol. The molecule has 176 valence electrons. The molecular formula is C22H32BrF3N2O3. The van der Waals surface area contributed by atoms with Crippen LogP contribution in [-0.2, 0) is 14.3 Å². The molecule has 1 atom stereocenters. The van der Waals surface area contributed by atoms with Crippen LogP contribution in [-0.4, -0.2) is 41.9 Å². The summed E-state index contributed by atoms with van der Waals surface area (Å²) in [6.45, 7) is 13.1. The molecule has 5 nitrogen and oxygen atoms in total. The summed E-state index contributed by atoms with van der Waals surface area (Å²) in [6.07, 6.45) is -5.60. The molecule has 2 heterocycles. The zero-order chi connectivity index (χ0) is 23.7. The third-order valence-corrected chi connectivity index (χ3v) is 6.03. The number of pyridine rings is 1. The summed E-state index contributed by atoms with van der Waals surface area (Å²) >= 11 is 3.57. The maximum atomic E-state index is 13.2. The van der Waals surface area contributed by atoms with Crippen molar-refractivity contribution in [3.63, 3.8) is 0 Å². The van der Waals surface area contributed by atoms with Crippen LogP contribution in [0.3, 0.4) is 0 Å². The Morgan fingerprint density at radius 3 is 2.13 bits per heavy atom. The van der Waals surface area contributed by atoms with Gasteiger partial charge in [0.25, 0.3) is 0 Å². The van der Waals surface area contributed by atoms with E-state index in [2.05, 4.69) is 20.9 Å². The van der Waals surface area contributed by atoms with Crippen molar-refractivity contribution in [2.75, 3.05) is 18.0 Å². The lowest BCUT2D eigenvalue weighted by Crippen LogP contribution is -2.40. The second-order valence-electron chi connectivity index (χ2n) is 9.26. The van der Waals surface area contributed by atoms with Gasteiger partial charge in [-0.2, -0.15) is 13.2 Å². The molecule has 31 heavy (non-hydrogen) atoms. The van der Waals surface area contributed by atoms with Crippen LogP contribution in [0.1, 0.15) is 70.5 Å². The number of carbonyl (C=O) groups is 1. The van der Waals surface area contributed by atoms with Crippen LogP contribution in [0.25, 0.3) is 0 Å². The van der Waals surface area contributed by atoms with E-state index in [0.717, 1.165) is 0 Å². The highest BCUT2D eigenvalue weighted by Gasteiger charge is 2.42. The molecule has 9 heteroatoms. The van der Waals surface area contributed by atoms with Crippen molar-refractivity contribution in [2.45, 2.75) is 85.3 Å². The summed E-state index contributed by atoms with van der Waals surface area (Å²) in [4.78, 5) is 19.5. The van der Waals surface area contributed by atoms with Gasteiger partial charge in [0.05, 0.1) is 33.5 Å². The van der Waals surface area contributed by atoms with Crippen molar-refractivity contribution >= 4 is 27.6 Å². The highest BCUT2D eigenvalue weighted by atomic mass is 79.9. The SMILES string of the molecule is Cc1nc(C)c(C(OC(C)(C)C)C(=O)OC(C)C)c(N2CCC(C(F)(F)F)CC2)c1Br. The number of anilines is 1. The molecule has 1 saturated heterocycles. The number of aromatic nitrogens is 1. The number of alkyl halides is 3. The normalized spacial score (nSPS) is 17.2. The Bertz CT molecular complexity index is 799. The maximum Gasteiger partial charge on any atom is 0.391 e. The molecule has 1 aromatic rings. The number of carbonyl (C=O) groups excluding carboxylic acids is 1. The molecule has 0 aromatic carbocycles. The summed E-state index contributed by atoms with van der Waals surface area (Å²) in [6, 6.07) is 0. The van der Waals surface area contributed by atoms with Gasteiger partial charge >= 0.3 is 12.1 Å². The lowest BCUT2D eigenvalue weighted by Gasteiger charge is -2.38. The van der Waals surface area contributed by atoms with Gasteiger partial charge in [-0.1, -0.05) is 0 Å². The van der Waals surface area contributed by atoms with E-state index >= 15 is 0 Å². The van der Waals surface area contributed by atoms with Crippen molar-refractivity contribution in [2.24, 2.45) is 5.92 Å². The van der Waals surface area contributed by atoms with E-state index in [9.17, 15) is 18.0 Å². The molecule has 0 amide bonds. The Morgan fingerprint density at radius 2 is 1.68 bits per heavy atom. The first-order valence-corrected chi connectivity index (χ1v) is 11.3. The Morgan fingerprint density at radius 1 is 1.13 bits per heavy atom. The van der Waals surface area contributed by atoms with E-state index in [1.54, 1.807) is 20.8 Å². The topological polar surface area (TPSA) is 51.7 Å². The molecule has 0 aliphatic carbocycles. The van der Waals surface area contributed by atoms with Gasteiger partial charge in [0.1, 0.15) is 0 Å². The Hall–Kier alpha value is -1.35. The van der Waals surface area contributed by atoms with Crippen molar-refractivity contribution in [3.05, 3.63) is 21.4 Å². The largest absolute Gasteiger partial charge is 0.461 e. The first kappa shape index (κ1) is 25.9. The van der Waals surface area contributed by atoms with Gasteiger partial charge < -0.3 is 14.4 Å². The van der Waals surface area contributed by atoms with E-state index in [0.29, 0.717) is 27.1 Å². The summed E-state index contributed by atoms with van der Waals surface area (Å²) < 4.78 is 51.8. The third-order valence-electron chi connectivity index (χ3n) is 5.08. The van der Waals surface area contributed by atoms with E-state index in [1.165, 1.54) is 0 Å². The monoisotopic (exact) mass is 508 g/mol. The van der Waals surface area contributed by atoms with E-state index in [-0.39, 0.29) is 32.0 Å². The molecule has 1 fully saturated rings. The van der Waals surface area contributed by atoms with Gasteiger partial charge in [-0.3, -0.25) is 4.98 Å². The quantitative estimate of drug-likeness (QED) is 0.453. The average molecular weight is 509 g/mol.